The van der Waals surface area contributed by atoms with Crippen molar-refractivity contribution < 1.29 is 0 Å². The monoisotopic (exact) mass is 206 g/mol. The number of rotatable bonds is 1. The van der Waals surface area contributed by atoms with E-state index >= 15 is 0 Å². The Morgan fingerprint density at radius 3 is 2.44 bits per heavy atom. The predicted octanol–water partition coefficient (Wildman–Crippen LogP) is 3.56. The fraction of sp³-hybridized carbons (Fsp3) is 0.125. The van der Waals surface area contributed by atoms with Gasteiger partial charge in [-0.2, -0.15) is 0 Å². The highest BCUT2D eigenvalue weighted by Crippen LogP contribution is 1.95. The van der Waals surface area contributed by atoms with Crippen LogP contribution in [0.5, 0.6) is 0 Å². The Morgan fingerprint density at radius 1 is 1.06 bits per heavy atom. The van der Waals surface area contributed by atoms with Gasteiger partial charge < -0.3 is 0 Å². The molecular formula is C16H14. The van der Waals surface area contributed by atoms with E-state index in [1.54, 1.807) is 0 Å². The number of benzene rings is 1. The molecule has 0 aliphatic carbocycles. The molecule has 0 bridgehead atoms. The average Bonchev–Trinajstić information content (AvgIpc) is 2.34. The molecule has 0 nitrogen and oxygen atoms in total. The second-order valence-electron chi connectivity index (χ2n) is 3.11. The van der Waals surface area contributed by atoms with E-state index in [9.17, 15) is 0 Å². The first-order chi connectivity index (χ1) is 7.86. The van der Waals surface area contributed by atoms with Crippen LogP contribution in [-0.4, -0.2) is 0 Å². The molecule has 0 spiro atoms. The standard InChI is InChI=1S/C16H14/c1-3-10-15(4-2)11-8-9-14-16-12-6-5-7-13-16/h3-7,10,12-13H,1-2H3. The fourth-order valence-corrected chi connectivity index (χ4v) is 1.12. The van der Waals surface area contributed by atoms with E-state index in [1.807, 2.05) is 62.4 Å². The van der Waals surface area contributed by atoms with E-state index in [2.05, 4.69) is 23.7 Å². The van der Waals surface area contributed by atoms with Gasteiger partial charge in [-0.3, -0.25) is 0 Å². The third-order valence-corrected chi connectivity index (χ3v) is 1.91. The summed E-state index contributed by atoms with van der Waals surface area (Å²) in [5.41, 5.74) is 1.98. The van der Waals surface area contributed by atoms with E-state index in [0.717, 1.165) is 11.1 Å². The van der Waals surface area contributed by atoms with Crippen molar-refractivity contribution in [1.82, 2.24) is 0 Å². The molecule has 0 aliphatic rings. The van der Waals surface area contributed by atoms with Crippen LogP contribution in [0.25, 0.3) is 0 Å². The zero-order chi connectivity index (χ0) is 11.6. The summed E-state index contributed by atoms with van der Waals surface area (Å²) in [4.78, 5) is 0. The first-order valence-corrected chi connectivity index (χ1v) is 5.23. The Hall–Kier alpha value is -2.18. The molecule has 0 atom stereocenters. The molecule has 1 aromatic carbocycles. The quantitative estimate of drug-likeness (QED) is 0.487. The van der Waals surface area contributed by atoms with Crippen LogP contribution in [0.1, 0.15) is 19.4 Å². The maximum absolute atomic E-state index is 2.99. The van der Waals surface area contributed by atoms with Gasteiger partial charge in [0.1, 0.15) is 0 Å². The van der Waals surface area contributed by atoms with Gasteiger partial charge in [-0.1, -0.05) is 48.3 Å². The Kier molecular flexibility index (Phi) is 5.32. The first-order valence-electron chi connectivity index (χ1n) is 5.23. The highest BCUT2D eigenvalue weighted by Gasteiger charge is 1.80. The number of hydrogen-bond acceptors (Lipinski definition) is 0. The normalized spacial score (nSPS) is 10.2. The minimum Gasteiger partial charge on any atom is -0.0864 e. The molecule has 1 rings (SSSR count). The summed E-state index contributed by atoms with van der Waals surface area (Å²) in [6.07, 6.45) is 5.91. The summed E-state index contributed by atoms with van der Waals surface area (Å²) in [5.74, 6) is 11.7. The molecule has 0 unspecified atom stereocenters. The molecule has 0 saturated heterocycles. The Morgan fingerprint density at radius 2 is 1.81 bits per heavy atom. The van der Waals surface area contributed by atoms with E-state index in [-0.39, 0.29) is 0 Å². The Labute approximate surface area is 97.7 Å². The van der Waals surface area contributed by atoms with Crippen molar-refractivity contribution in [2.45, 2.75) is 13.8 Å². The van der Waals surface area contributed by atoms with Crippen LogP contribution >= 0.6 is 0 Å². The zero-order valence-electron chi connectivity index (χ0n) is 9.62. The third kappa shape index (κ3) is 4.36. The lowest BCUT2D eigenvalue weighted by Gasteiger charge is -1.84. The molecule has 0 amide bonds. The van der Waals surface area contributed by atoms with Crippen LogP contribution in [0.15, 0.2) is 54.1 Å². The van der Waals surface area contributed by atoms with Crippen LogP contribution in [0.4, 0.5) is 0 Å². The predicted molar refractivity (Wildman–Crippen MR) is 69.7 cm³/mol. The van der Waals surface area contributed by atoms with Crippen LogP contribution in [0.3, 0.4) is 0 Å². The third-order valence-electron chi connectivity index (χ3n) is 1.91. The lowest BCUT2D eigenvalue weighted by atomic mass is 10.2. The van der Waals surface area contributed by atoms with E-state index in [0.29, 0.717) is 0 Å². The van der Waals surface area contributed by atoms with Gasteiger partial charge in [0.15, 0.2) is 0 Å². The molecular weight excluding hydrogens is 192 g/mol. The van der Waals surface area contributed by atoms with Gasteiger partial charge in [0, 0.05) is 11.1 Å². The van der Waals surface area contributed by atoms with Gasteiger partial charge >= 0.3 is 0 Å². The van der Waals surface area contributed by atoms with Gasteiger partial charge in [-0.15, -0.1) is 0 Å². The highest BCUT2D eigenvalue weighted by atomic mass is 13.8. The molecule has 0 aliphatic heterocycles. The summed E-state index contributed by atoms with van der Waals surface area (Å²) < 4.78 is 0. The Bertz CT molecular complexity index is 494. The van der Waals surface area contributed by atoms with Crippen molar-refractivity contribution in [3.8, 4) is 23.7 Å². The molecule has 0 fully saturated rings. The lowest BCUT2D eigenvalue weighted by Crippen LogP contribution is -1.71. The fourth-order valence-electron chi connectivity index (χ4n) is 1.12. The molecule has 0 heterocycles. The van der Waals surface area contributed by atoms with Crippen LogP contribution in [-0.2, 0) is 0 Å². The molecule has 0 N–H and O–H groups in total. The summed E-state index contributed by atoms with van der Waals surface area (Å²) in [7, 11) is 0. The van der Waals surface area contributed by atoms with Crippen molar-refractivity contribution in [3.63, 3.8) is 0 Å². The molecule has 0 radical (unpaired) electrons. The second-order valence-corrected chi connectivity index (χ2v) is 3.11. The molecule has 16 heavy (non-hydrogen) atoms. The summed E-state index contributed by atoms with van der Waals surface area (Å²) in [5, 5.41) is 0. The average molecular weight is 206 g/mol. The Balaban J connectivity index is 2.72. The molecule has 0 aromatic heterocycles. The molecule has 78 valence electrons. The van der Waals surface area contributed by atoms with E-state index in [4.69, 9.17) is 0 Å². The summed E-state index contributed by atoms with van der Waals surface area (Å²) in [6, 6.07) is 9.85. The highest BCUT2D eigenvalue weighted by molar-refractivity contribution is 5.45. The van der Waals surface area contributed by atoms with Crippen LogP contribution in [0.2, 0.25) is 0 Å². The van der Waals surface area contributed by atoms with Crippen molar-refractivity contribution in [2.75, 3.05) is 0 Å². The summed E-state index contributed by atoms with van der Waals surface area (Å²) in [6.45, 7) is 3.94. The lowest BCUT2D eigenvalue weighted by molar-refractivity contribution is 1.61. The van der Waals surface area contributed by atoms with E-state index < -0.39 is 0 Å². The molecule has 0 saturated carbocycles. The maximum Gasteiger partial charge on any atom is 0.0255 e. The van der Waals surface area contributed by atoms with Crippen molar-refractivity contribution in [3.05, 3.63) is 59.7 Å². The number of allylic oxidation sites excluding steroid dienone is 4. The van der Waals surface area contributed by atoms with Gasteiger partial charge in [0.05, 0.1) is 0 Å². The summed E-state index contributed by atoms with van der Waals surface area (Å²) >= 11 is 0. The number of hydrogen-bond donors (Lipinski definition) is 0. The second kappa shape index (κ2) is 7.16. The minimum absolute atomic E-state index is 0.991. The minimum atomic E-state index is 0.991. The first kappa shape index (κ1) is 11.9. The molecule has 1 aromatic rings. The smallest absolute Gasteiger partial charge is 0.0255 e. The largest absolute Gasteiger partial charge is 0.0864 e. The van der Waals surface area contributed by atoms with Crippen molar-refractivity contribution >= 4 is 0 Å². The van der Waals surface area contributed by atoms with Gasteiger partial charge in [0.25, 0.3) is 0 Å². The van der Waals surface area contributed by atoms with E-state index in [1.165, 1.54) is 0 Å². The zero-order valence-corrected chi connectivity index (χ0v) is 9.62. The van der Waals surface area contributed by atoms with Gasteiger partial charge in [-0.05, 0) is 37.8 Å². The maximum atomic E-state index is 2.99. The van der Waals surface area contributed by atoms with Gasteiger partial charge in [-0.25, -0.2) is 0 Å². The molecule has 0 heteroatoms. The van der Waals surface area contributed by atoms with Crippen molar-refractivity contribution in [2.24, 2.45) is 0 Å². The SMILES string of the molecule is CC=CC(C#CC#Cc1ccccc1)=CC. The van der Waals surface area contributed by atoms with Gasteiger partial charge in [0.2, 0.25) is 0 Å². The van der Waals surface area contributed by atoms with Crippen LogP contribution in [0, 0.1) is 23.7 Å². The van der Waals surface area contributed by atoms with Crippen LogP contribution < -0.4 is 0 Å². The van der Waals surface area contributed by atoms with Crippen molar-refractivity contribution in [1.29, 1.82) is 0 Å². The topological polar surface area (TPSA) is 0 Å².